The molecule has 0 radical (unpaired) electrons. The van der Waals surface area contributed by atoms with Gasteiger partial charge in [-0.25, -0.2) is 9.97 Å². The van der Waals surface area contributed by atoms with Crippen LogP contribution in [0, 0.1) is 19.8 Å². The van der Waals surface area contributed by atoms with E-state index in [1.54, 1.807) is 20.0 Å². The summed E-state index contributed by atoms with van der Waals surface area (Å²) < 4.78 is 0. The van der Waals surface area contributed by atoms with E-state index in [9.17, 15) is 4.79 Å². The molecule has 1 aromatic rings. The third-order valence-corrected chi connectivity index (χ3v) is 3.13. The molecule has 2 N–H and O–H groups in total. The Balaban J connectivity index is 2.58. The smallest absolute Gasteiger partial charge is 0.254 e. The Kier molecular flexibility index (Phi) is 6.42. The fourth-order valence-electron chi connectivity index (χ4n) is 2.08. The second kappa shape index (κ2) is 7.84. The van der Waals surface area contributed by atoms with Gasteiger partial charge >= 0.3 is 0 Å². The summed E-state index contributed by atoms with van der Waals surface area (Å²) in [6, 6.07) is 0. The first-order chi connectivity index (χ1) is 9.08. The average Bonchev–Trinajstić information content (AvgIpc) is 2.36. The molecule has 1 atom stereocenters. The summed E-state index contributed by atoms with van der Waals surface area (Å²) in [5.41, 5.74) is 1.21. The molecular formula is C14H23N3O2. The summed E-state index contributed by atoms with van der Waals surface area (Å²) >= 11 is 0. The van der Waals surface area contributed by atoms with Gasteiger partial charge in [-0.15, -0.1) is 0 Å². The van der Waals surface area contributed by atoms with Crippen LogP contribution in [-0.4, -0.2) is 34.1 Å². The maximum atomic E-state index is 12.0. The lowest BCUT2D eigenvalue weighted by molar-refractivity contribution is 0.0941. The lowest BCUT2D eigenvalue weighted by atomic mass is 10.00. The molecule has 1 heterocycles. The van der Waals surface area contributed by atoms with Crippen molar-refractivity contribution in [2.24, 2.45) is 5.92 Å². The van der Waals surface area contributed by atoms with Crippen LogP contribution >= 0.6 is 0 Å². The summed E-state index contributed by atoms with van der Waals surface area (Å²) in [7, 11) is 0. The molecule has 0 saturated heterocycles. The number of aromatic nitrogens is 2. The highest BCUT2D eigenvalue weighted by Gasteiger charge is 2.13. The average molecular weight is 265 g/mol. The van der Waals surface area contributed by atoms with Gasteiger partial charge in [0.25, 0.3) is 5.91 Å². The van der Waals surface area contributed by atoms with Gasteiger partial charge in [-0.2, -0.15) is 0 Å². The molecule has 1 amide bonds. The second-order valence-corrected chi connectivity index (χ2v) is 4.79. The first-order valence-corrected chi connectivity index (χ1v) is 6.77. The molecule has 0 fully saturated rings. The van der Waals surface area contributed by atoms with Crippen molar-refractivity contribution < 1.29 is 9.90 Å². The highest BCUT2D eigenvalue weighted by Crippen LogP contribution is 2.10. The molecule has 5 heteroatoms. The van der Waals surface area contributed by atoms with E-state index >= 15 is 0 Å². The fourth-order valence-corrected chi connectivity index (χ4v) is 2.08. The molecule has 0 aliphatic carbocycles. The number of carbonyl (C=O) groups is 1. The quantitative estimate of drug-likeness (QED) is 0.785. The minimum atomic E-state index is -0.142. The molecule has 106 valence electrons. The summed E-state index contributed by atoms with van der Waals surface area (Å²) in [5.74, 6) is 0.848. The minimum absolute atomic E-state index is 0.142. The van der Waals surface area contributed by atoms with Gasteiger partial charge in [0, 0.05) is 19.3 Å². The van der Waals surface area contributed by atoms with Gasteiger partial charge in [0.2, 0.25) is 0 Å². The highest BCUT2D eigenvalue weighted by atomic mass is 16.3. The third-order valence-electron chi connectivity index (χ3n) is 3.13. The Morgan fingerprint density at radius 1 is 1.42 bits per heavy atom. The molecule has 5 nitrogen and oxygen atoms in total. The Morgan fingerprint density at radius 2 is 2.16 bits per heavy atom. The molecule has 0 aliphatic heterocycles. The number of rotatable bonds is 7. The fraction of sp³-hybridized carbons (Fsp3) is 0.643. The first kappa shape index (κ1) is 15.6. The zero-order valence-corrected chi connectivity index (χ0v) is 11.9. The van der Waals surface area contributed by atoms with E-state index < -0.39 is 0 Å². The normalized spacial score (nSPS) is 12.2. The largest absolute Gasteiger partial charge is 0.396 e. The van der Waals surface area contributed by atoms with Crippen LogP contribution in [0.3, 0.4) is 0 Å². The Morgan fingerprint density at radius 3 is 2.74 bits per heavy atom. The van der Waals surface area contributed by atoms with Crippen LogP contribution in [0.25, 0.3) is 0 Å². The molecule has 1 unspecified atom stereocenters. The van der Waals surface area contributed by atoms with Gasteiger partial charge < -0.3 is 10.4 Å². The number of nitrogens with one attached hydrogen (secondary N) is 1. The third kappa shape index (κ3) is 4.95. The predicted molar refractivity (Wildman–Crippen MR) is 73.9 cm³/mol. The van der Waals surface area contributed by atoms with E-state index in [0.29, 0.717) is 29.5 Å². The van der Waals surface area contributed by atoms with Crippen molar-refractivity contribution in [3.63, 3.8) is 0 Å². The SMILES string of the molecule is CCCC(CCO)CNC(=O)c1cnc(C)nc1C. The van der Waals surface area contributed by atoms with Crippen LogP contribution in [0.1, 0.15) is 48.1 Å². The van der Waals surface area contributed by atoms with Crippen molar-refractivity contribution in [1.82, 2.24) is 15.3 Å². The van der Waals surface area contributed by atoms with E-state index in [0.717, 1.165) is 19.3 Å². The Bertz CT molecular complexity index is 415. The van der Waals surface area contributed by atoms with Crippen molar-refractivity contribution in [1.29, 1.82) is 0 Å². The molecule has 0 bridgehead atoms. The van der Waals surface area contributed by atoms with E-state index in [4.69, 9.17) is 5.11 Å². The molecule has 1 aromatic heterocycles. The summed E-state index contributed by atoms with van der Waals surface area (Å²) in [6.45, 7) is 6.45. The highest BCUT2D eigenvalue weighted by molar-refractivity contribution is 5.94. The predicted octanol–water partition coefficient (Wildman–Crippen LogP) is 1.62. The summed E-state index contributed by atoms with van der Waals surface area (Å²) in [5, 5.41) is 11.9. The Labute approximate surface area is 114 Å². The summed E-state index contributed by atoms with van der Waals surface area (Å²) in [6.07, 6.45) is 4.34. The van der Waals surface area contributed by atoms with Gasteiger partial charge in [0.15, 0.2) is 0 Å². The van der Waals surface area contributed by atoms with Crippen molar-refractivity contribution >= 4 is 5.91 Å². The molecule has 1 rings (SSSR count). The topological polar surface area (TPSA) is 75.1 Å². The van der Waals surface area contributed by atoms with E-state index in [-0.39, 0.29) is 12.5 Å². The second-order valence-electron chi connectivity index (χ2n) is 4.79. The molecule has 0 aromatic carbocycles. The summed E-state index contributed by atoms with van der Waals surface area (Å²) in [4.78, 5) is 20.3. The molecule has 19 heavy (non-hydrogen) atoms. The molecule has 0 aliphatic rings. The number of nitrogens with zero attached hydrogens (tertiary/aromatic N) is 2. The number of hydrogen-bond acceptors (Lipinski definition) is 4. The van der Waals surface area contributed by atoms with E-state index in [2.05, 4.69) is 22.2 Å². The zero-order chi connectivity index (χ0) is 14.3. The van der Waals surface area contributed by atoms with Crippen molar-refractivity contribution in [2.75, 3.05) is 13.2 Å². The van der Waals surface area contributed by atoms with Gasteiger partial charge in [-0.1, -0.05) is 13.3 Å². The molecule has 0 spiro atoms. The number of aliphatic hydroxyl groups is 1. The monoisotopic (exact) mass is 265 g/mol. The number of aliphatic hydroxyl groups excluding tert-OH is 1. The number of aryl methyl sites for hydroxylation is 2. The molecule has 0 saturated carbocycles. The van der Waals surface area contributed by atoms with E-state index in [1.807, 2.05) is 0 Å². The minimum Gasteiger partial charge on any atom is -0.396 e. The van der Waals surface area contributed by atoms with Crippen molar-refractivity contribution in [3.8, 4) is 0 Å². The van der Waals surface area contributed by atoms with Crippen LogP contribution in [0.4, 0.5) is 0 Å². The van der Waals surface area contributed by atoms with E-state index in [1.165, 1.54) is 0 Å². The lowest BCUT2D eigenvalue weighted by Gasteiger charge is -2.16. The van der Waals surface area contributed by atoms with Crippen LogP contribution in [0.2, 0.25) is 0 Å². The van der Waals surface area contributed by atoms with Gasteiger partial charge in [-0.05, 0) is 32.6 Å². The Hall–Kier alpha value is -1.49. The lowest BCUT2D eigenvalue weighted by Crippen LogP contribution is -2.30. The first-order valence-electron chi connectivity index (χ1n) is 6.77. The van der Waals surface area contributed by atoms with Gasteiger partial charge in [-0.3, -0.25) is 4.79 Å². The molecular weight excluding hydrogens is 242 g/mol. The maximum absolute atomic E-state index is 12.0. The van der Waals surface area contributed by atoms with Crippen LogP contribution in [0.15, 0.2) is 6.20 Å². The van der Waals surface area contributed by atoms with Crippen LogP contribution in [0.5, 0.6) is 0 Å². The van der Waals surface area contributed by atoms with Crippen molar-refractivity contribution in [2.45, 2.75) is 40.0 Å². The zero-order valence-electron chi connectivity index (χ0n) is 11.9. The van der Waals surface area contributed by atoms with Gasteiger partial charge in [0.1, 0.15) is 5.82 Å². The number of amides is 1. The van der Waals surface area contributed by atoms with Crippen LogP contribution in [-0.2, 0) is 0 Å². The number of carbonyl (C=O) groups excluding carboxylic acids is 1. The van der Waals surface area contributed by atoms with Gasteiger partial charge in [0.05, 0.1) is 11.3 Å². The maximum Gasteiger partial charge on any atom is 0.254 e. The number of hydrogen-bond donors (Lipinski definition) is 2. The standard InChI is InChI=1S/C14H23N3O2/c1-4-5-12(6-7-18)8-16-14(19)13-9-15-11(3)17-10(13)2/h9,12,18H,4-8H2,1-3H3,(H,16,19). The van der Waals surface area contributed by atoms with Crippen LogP contribution < -0.4 is 5.32 Å². The van der Waals surface area contributed by atoms with Crippen molar-refractivity contribution in [3.05, 3.63) is 23.3 Å².